The predicted molar refractivity (Wildman–Crippen MR) is 53.9 cm³/mol. The van der Waals surface area contributed by atoms with Crippen LogP contribution in [-0.2, 0) is 4.74 Å². The van der Waals surface area contributed by atoms with E-state index in [-0.39, 0.29) is 11.3 Å². The van der Waals surface area contributed by atoms with Crippen LogP contribution in [0, 0.1) is 24.0 Å². The van der Waals surface area contributed by atoms with Crippen molar-refractivity contribution in [1.29, 1.82) is 0 Å². The molecule has 15 heavy (non-hydrogen) atoms. The highest BCUT2D eigenvalue weighted by Gasteiger charge is 2.20. The van der Waals surface area contributed by atoms with Crippen LogP contribution in [0.3, 0.4) is 0 Å². The van der Waals surface area contributed by atoms with Gasteiger partial charge in [-0.3, -0.25) is 10.1 Å². The molecule has 1 aromatic carbocycles. The normalized spacial score (nSPS) is 9.80. The van der Waals surface area contributed by atoms with Crippen LogP contribution in [0.25, 0.3) is 0 Å². The van der Waals surface area contributed by atoms with Crippen LogP contribution in [0.2, 0.25) is 0 Å². The fourth-order valence-electron chi connectivity index (χ4n) is 1.45. The standard InChI is InChI=1S/C10H11NO4/c1-6-4-5-8(11(13)14)7(2)9(6)10(12)15-3/h4-5H,1-3H3. The Morgan fingerprint density at radius 3 is 2.47 bits per heavy atom. The predicted octanol–water partition coefficient (Wildman–Crippen LogP) is 2.00. The molecule has 0 fully saturated rings. The van der Waals surface area contributed by atoms with Gasteiger partial charge in [-0.05, 0) is 19.4 Å². The third-order valence-electron chi connectivity index (χ3n) is 2.23. The molecular weight excluding hydrogens is 198 g/mol. The summed E-state index contributed by atoms with van der Waals surface area (Å²) in [6.45, 7) is 3.25. The topological polar surface area (TPSA) is 69.4 Å². The van der Waals surface area contributed by atoms with Gasteiger partial charge in [0.25, 0.3) is 5.69 Å². The lowest BCUT2D eigenvalue weighted by atomic mass is 10.0. The summed E-state index contributed by atoms with van der Waals surface area (Å²) in [6, 6.07) is 2.93. The van der Waals surface area contributed by atoms with Gasteiger partial charge < -0.3 is 4.74 Å². The lowest BCUT2D eigenvalue weighted by Crippen LogP contribution is -2.08. The highest BCUT2D eigenvalue weighted by molar-refractivity contribution is 5.93. The molecule has 0 aliphatic rings. The molecule has 0 aromatic heterocycles. The smallest absolute Gasteiger partial charge is 0.338 e. The maximum absolute atomic E-state index is 11.4. The van der Waals surface area contributed by atoms with Crippen LogP contribution < -0.4 is 0 Å². The molecule has 0 aliphatic heterocycles. The van der Waals surface area contributed by atoms with Gasteiger partial charge in [0.15, 0.2) is 0 Å². The van der Waals surface area contributed by atoms with Gasteiger partial charge in [-0.2, -0.15) is 0 Å². The summed E-state index contributed by atoms with van der Waals surface area (Å²) in [7, 11) is 1.25. The summed E-state index contributed by atoms with van der Waals surface area (Å²) >= 11 is 0. The van der Waals surface area contributed by atoms with Crippen molar-refractivity contribution in [2.24, 2.45) is 0 Å². The fourth-order valence-corrected chi connectivity index (χ4v) is 1.45. The van der Waals surface area contributed by atoms with Crippen molar-refractivity contribution in [2.45, 2.75) is 13.8 Å². The first-order valence-corrected chi connectivity index (χ1v) is 4.32. The van der Waals surface area contributed by atoms with E-state index in [1.54, 1.807) is 6.92 Å². The van der Waals surface area contributed by atoms with Gasteiger partial charge in [-0.25, -0.2) is 4.79 Å². The number of benzene rings is 1. The van der Waals surface area contributed by atoms with Crippen LogP contribution in [0.1, 0.15) is 21.5 Å². The van der Waals surface area contributed by atoms with Gasteiger partial charge >= 0.3 is 5.97 Å². The van der Waals surface area contributed by atoms with Gasteiger partial charge in [0, 0.05) is 11.6 Å². The molecule has 0 aliphatic carbocycles. The third-order valence-corrected chi connectivity index (χ3v) is 2.23. The Balaban J connectivity index is 3.43. The Bertz CT molecular complexity index is 426. The van der Waals surface area contributed by atoms with Gasteiger partial charge in [-0.1, -0.05) is 6.07 Å². The molecule has 0 N–H and O–H groups in total. The molecule has 5 heteroatoms. The number of nitro benzene ring substituents is 1. The zero-order valence-corrected chi connectivity index (χ0v) is 8.73. The number of esters is 1. The minimum atomic E-state index is -0.548. The number of ether oxygens (including phenoxy) is 1. The minimum absolute atomic E-state index is 0.0685. The molecule has 0 unspecified atom stereocenters. The molecule has 0 radical (unpaired) electrons. The molecule has 0 heterocycles. The van der Waals surface area contributed by atoms with E-state index in [0.29, 0.717) is 11.1 Å². The number of hydrogen-bond donors (Lipinski definition) is 0. The SMILES string of the molecule is COC(=O)c1c(C)ccc([N+](=O)[O-])c1C. The van der Waals surface area contributed by atoms with E-state index in [1.807, 2.05) is 0 Å². The zero-order chi connectivity index (χ0) is 11.6. The maximum atomic E-state index is 11.4. The van der Waals surface area contributed by atoms with E-state index >= 15 is 0 Å². The van der Waals surface area contributed by atoms with Gasteiger partial charge in [0.1, 0.15) is 0 Å². The van der Waals surface area contributed by atoms with Crippen molar-refractivity contribution in [3.63, 3.8) is 0 Å². The Morgan fingerprint density at radius 2 is 2.00 bits per heavy atom. The molecule has 5 nitrogen and oxygen atoms in total. The van der Waals surface area contributed by atoms with E-state index in [0.717, 1.165) is 0 Å². The largest absolute Gasteiger partial charge is 0.465 e. The average Bonchev–Trinajstić information content (AvgIpc) is 2.16. The lowest BCUT2D eigenvalue weighted by molar-refractivity contribution is -0.385. The first-order valence-electron chi connectivity index (χ1n) is 4.32. The molecular formula is C10H11NO4. The molecule has 1 rings (SSSR count). The molecule has 0 amide bonds. The highest BCUT2D eigenvalue weighted by atomic mass is 16.6. The molecule has 1 aromatic rings. The van der Waals surface area contributed by atoms with Crippen LogP contribution in [0.4, 0.5) is 5.69 Å². The molecule has 0 saturated carbocycles. The number of carbonyl (C=O) groups is 1. The highest BCUT2D eigenvalue weighted by Crippen LogP contribution is 2.24. The Hall–Kier alpha value is -1.91. The number of methoxy groups -OCH3 is 1. The lowest BCUT2D eigenvalue weighted by Gasteiger charge is -2.07. The molecule has 0 spiro atoms. The molecule has 0 saturated heterocycles. The Labute approximate surface area is 86.8 Å². The van der Waals surface area contributed by atoms with Gasteiger partial charge in [0.2, 0.25) is 0 Å². The van der Waals surface area contributed by atoms with Crippen molar-refractivity contribution in [3.05, 3.63) is 38.9 Å². The minimum Gasteiger partial charge on any atom is -0.465 e. The van der Waals surface area contributed by atoms with Crippen molar-refractivity contribution in [2.75, 3.05) is 7.11 Å². The second kappa shape index (κ2) is 4.08. The first-order chi connectivity index (χ1) is 6.99. The summed E-state index contributed by atoms with van der Waals surface area (Å²) in [6.07, 6.45) is 0. The Kier molecular flexibility index (Phi) is 3.04. The summed E-state index contributed by atoms with van der Waals surface area (Å²) in [4.78, 5) is 21.5. The summed E-state index contributed by atoms with van der Waals surface area (Å²) in [5.74, 6) is -0.548. The van der Waals surface area contributed by atoms with Crippen molar-refractivity contribution >= 4 is 11.7 Å². The summed E-state index contributed by atoms with van der Waals surface area (Å²) in [5, 5.41) is 10.6. The second-order valence-corrected chi connectivity index (χ2v) is 3.15. The van der Waals surface area contributed by atoms with E-state index < -0.39 is 10.9 Å². The van der Waals surface area contributed by atoms with Crippen molar-refractivity contribution < 1.29 is 14.5 Å². The van der Waals surface area contributed by atoms with E-state index in [4.69, 9.17) is 0 Å². The van der Waals surface area contributed by atoms with Crippen LogP contribution in [-0.4, -0.2) is 18.0 Å². The number of nitrogens with zero attached hydrogens (tertiary/aromatic N) is 1. The van der Waals surface area contributed by atoms with Crippen molar-refractivity contribution in [1.82, 2.24) is 0 Å². The number of rotatable bonds is 2. The summed E-state index contributed by atoms with van der Waals surface area (Å²) in [5.41, 5.74) is 1.21. The second-order valence-electron chi connectivity index (χ2n) is 3.15. The third kappa shape index (κ3) is 1.96. The monoisotopic (exact) mass is 209 g/mol. The number of hydrogen-bond acceptors (Lipinski definition) is 4. The maximum Gasteiger partial charge on any atom is 0.338 e. The van der Waals surface area contributed by atoms with Gasteiger partial charge in [0.05, 0.1) is 17.6 Å². The average molecular weight is 209 g/mol. The summed E-state index contributed by atoms with van der Waals surface area (Å²) < 4.78 is 4.57. The van der Waals surface area contributed by atoms with E-state index in [1.165, 1.54) is 26.2 Å². The molecule has 0 atom stereocenters. The zero-order valence-electron chi connectivity index (χ0n) is 8.73. The van der Waals surface area contributed by atoms with Crippen LogP contribution in [0.5, 0.6) is 0 Å². The fraction of sp³-hybridized carbons (Fsp3) is 0.300. The van der Waals surface area contributed by atoms with Crippen molar-refractivity contribution in [3.8, 4) is 0 Å². The quantitative estimate of drug-likeness (QED) is 0.424. The first kappa shape index (κ1) is 11.2. The number of carbonyl (C=O) groups excluding carboxylic acids is 1. The Morgan fingerprint density at radius 1 is 1.40 bits per heavy atom. The number of aryl methyl sites for hydroxylation is 1. The van der Waals surface area contributed by atoms with Crippen LogP contribution >= 0.6 is 0 Å². The molecule has 80 valence electrons. The molecule has 0 bridgehead atoms. The number of nitro groups is 1. The van der Waals surface area contributed by atoms with Gasteiger partial charge in [-0.15, -0.1) is 0 Å². The van der Waals surface area contributed by atoms with E-state index in [2.05, 4.69) is 4.74 Å². The van der Waals surface area contributed by atoms with Crippen LogP contribution in [0.15, 0.2) is 12.1 Å². The van der Waals surface area contributed by atoms with E-state index in [9.17, 15) is 14.9 Å².